The largest absolute Gasteiger partial charge is 0.357 e. The van der Waals surface area contributed by atoms with Gasteiger partial charge in [-0.2, -0.15) is 0 Å². The molecular formula is C22H19N5O. The Hall–Kier alpha value is -3.67. The molecule has 0 bridgehead atoms. The summed E-state index contributed by atoms with van der Waals surface area (Å²) >= 11 is 0. The van der Waals surface area contributed by atoms with E-state index in [2.05, 4.69) is 37.7 Å². The summed E-state index contributed by atoms with van der Waals surface area (Å²) in [6.45, 7) is 2.74. The van der Waals surface area contributed by atoms with Crippen LogP contribution in [-0.2, 0) is 13.6 Å². The summed E-state index contributed by atoms with van der Waals surface area (Å²) in [6.07, 6.45) is 5.49. The Balaban J connectivity index is 1.71. The molecule has 28 heavy (non-hydrogen) atoms. The summed E-state index contributed by atoms with van der Waals surface area (Å²) in [5.41, 5.74) is 5.42. The molecule has 6 heteroatoms. The lowest BCUT2D eigenvalue weighted by Crippen LogP contribution is -2.16. The number of fused-ring (bicyclic) bond motifs is 2. The summed E-state index contributed by atoms with van der Waals surface area (Å²) in [6, 6.07) is 14.4. The van der Waals surface area contributed by atoms with Crippen LogP contribution in [0.1, 0.15) is 11.4 Å². The maximum atomic E-state index is 12.3. The molecule has 0 radical (unpaired) electrons. The molecule has 0 atom stereocenters. The Morgan fingerprint density at radius 3 is 2.79 bits per heavy atom. The van der Waals surface area contributed by atoms with Crippen LogP contribution in [-0.4, -0.2) is 24.1 Å². The summed E-state index contributed by atoms with van der Waals surface area (Å²) in [7, 11) is 1.77. The molecule has 0 aliphatic carbocycles. The van der Waals surface area contributed by atoms with Gasteiger partial charge in [0, 0.05) is 48.7 Å². The Kier molecular flexibility index (Phi) is 3.65. The zero-order chi connectivity index (χ0) is 19.3. The highest BCUT2D eigenvalue weighted by Crippen LogP contribution is 2.28. The number of hydrogen-bond donors (Lipinski definition) is 1. The van der Waals surface area contributed by atoms with Gasteiger partial charge in [-0.05, 0) is 24.6 Å². The molecule has 0 aliphatic heterocycles. The van der Waals surface area contributed by atoms with E-state index in [0.29, 0.717) is 5.52 Å². The maximum absolute atomic E-state index is 12.3. The second kappa shape index (κ2) is 6.20. The van der Waals surface area contributed by atoms with Crippen LogP contribution in [0, 0.1) is 6.92 Å². The smallest absolute Gasteiger partial charge is 0.274 e. The first-order chi connectivity index (χ1) is 13.6. The highest BCUT2D eigenvalue weighted by molar-refractivity contribution is 5.95. The predicted octanol–water partition coefficient (Wildman–Crippen LogP) is 3.64. The molecule has 5 rings (SSSR count). The highest BCUT2D eigenvalue weighted by Gasteiger charge is 2.14. The minimum atomic E-state index is -0.0391. The molecule has 5 aromatic rings. The van der Waals surface area contributed by atoms with E-state index < -0.39 is 0 Å². The molecule has 0 saturated heterocycles. The lowest BCUT2D eigenvalue weighted by Gasteiger charge is -2.09. The first kappa shape index (κ1) is 16.5. The molecule has 138 valence electrons. The van der Waals surface area contributed by atoms with Gasteiger partial charge >= 0.3 is 0 Å². The standard InChI is InChI=1S/C22H19N5O/c1-14-25-21-19(27(14)12-15-6-4-3-5-7-15)10-16(11-24-21)18-13-26(2)22(28)20-17(18)8-9-23-20/h3-11,13,23H,12H2,1-2H3. The topological polar surface area (TPSA) is 68.5 Å². The van der Waals surface area contributed by atoms with Crippen molar-refractivity contribution >= 4 is 22.1 Å². The van der Waals surface area contributed by atoms with E-state index in [1.54, 1.807) is 17.8 Å². The van der Waals surface area contributed by atoms with E-state index in [-0.39, 0.29) is 5.56 Å². The van der Waals surface area contributed by atoms with Gasteiger partial charge in [0.05, 0.1) is 5.52 Å². The van der Waals surface area contributed by atoms with Gasteiger partial charge in [-0.15, -0.1) is 0 Å². The van der Waals surface area contributed by atoms with Crippen LogP contribution in [0.2, 0.25) is 0 Å². The van der Waals surface area contributed by atoms with Gasteiger partial charge in [0.25, 0.3) is 5.56 Å². The van der Waals surface area contributed by atoms with Crippen molar-refractivity contribution in [1.29, 1.82) is 0 Å². The third-order valence-electron chi connectivity index (χ3n) is 5.19. The number of aromatic nitrogens is 5. The Bertz CT molecular complexity index is 1380. The maximum Gasteiger partial charge on any atom is 0.274 e. The van der Waals surface area contributed by atoms with E-state index in [1.165, 1.54) is 5.56 Å². The van der Waals surface area contributed by atoms with Gasteiger partial charge in [0.15, 0.2) is 5.65 Å². The Labute approximate surface area is 161 Å². The van der Waals surface area contributed by atoms with Crippen LogP contribution >= 0.6 is 0 Å². The lowest BCUT2D eigenvalue weighted by molar-refractivity contribution is 0.786. The third kappa shape index (κ3) is 2.53. The Morgan fingerprint density at radius 1 is 1.14 bits per heavy atom. The zero-order valence-electron chi connectivity index (χ0n) is 15.7. The van der Waals surface area contributed by atoms with Crippen LogP contribution < -0.4 is 5.56 Å². The average molecular weight is 369 g/mol. The monoisotopic (exact) mass is 369 g/mol. The van der Waals surface area contributed by atoms with Gasteiger partial charge in [-0.3, -0.25) is 4.79 Å². The summed E-state index contributed by atoms with van der Waals surface area (Å²) in [4.78, 5) is 24.6. The molecule has 0 fully saturated rings. The van der Waals surface area contributed by atoms with Crippen molar-refractivity contribution in [3.05, 3.63) is 82.8 Å². The average Bonchev–Trinajstić information content (AvgIpc) is 3.31. The zero-order valence-corrected chi connectivity index (χ0v) is 15.7. The number of H-pyrrole nitrogens is 1. The third-order valence-corrected chi connectivity index (χ3v) is 5.19. The fraction of sp³-hybridized carbons (Fsp3) is 0.136. The van der Waals surface area contributed by atoms with Crippen LogP contribution in [0.5, 0.6) is 0 Å². The van der Waals surface area contributed by atoms with E-state index in [0.717, 1.165) is 40.0 Å². The summed E-state index contributed by atoms with van der Waals surface area (Å²) < 4.78 is 3.78. The highest BCUT2D eigenvalue weighted by atomic mass is 16.1. The van der Waals surface area contributed by atoms with E-state index >= 15 is 0 Å². The molecule has 4 aromatic heterocycles. The molecule has 1 N–H and O–H groups in total. The van der Waals surface area contributed by atoms with Crippen LogP contribution in [0.3, 0.4) is 0 Å². The van der Waals surface area contributed by atoms with Gasteiger partial charge in [-0.1, -0.05) is 30.3 Å². The summed E-state index contributed by atoms with van der Waals surface area (Å²) in [5, 5.41) is 0.898. The van der Waals surface area contributed by atoms with Gasteiger partial charge < -0.3 is 14.1 Å². The number of nitrogens with zero attached hydrogens (tertiary/aromatic N) is 4. The van der Waals surface area contributed by atoms with Crippen molar-refractivity contribution in [2.75, 3.05) is 0 Å². The second-order valence-corrected chi connectivity index (χ2v) is 7.02. The number of pyridine rings is 2. The van der Waals surface area contributed by atoms with Crippen molar-refractivity contribution in [2.24, 2.45) is 7.05 Å². The number of rotatable bonds is 3. The fourth-order valence-electron chi connectivity index (χ4n) is 3.73. The molecule has 0 aliphatic rings. The number of imidazole rings is 1. The van der Waals surface area contributed by atoms with Crippen molar-refractivity contribution < 1.29 is 0 Å². The normalized spacial score (nSPS) is 11.5. The molecule has 4 heterocycles. The Morgan fingerprint density at radius 2 is 1.96 bits per heavy atom. The van der Waals surface area contributed by atoms with Gasteiger partial charge in [0.2, 0.25) is 0 Å². The van der Waals surface area contributed by atoms with E-state index in [1.807, 2.05) is 43.6 Å². The molecule has 0 saturated carbocycles. The molecule has 0 unspecified atom stereocenters. The molecular weight excluding hydrogens is 350 g/mol. The van der Waals surface area contributed by atoms with Crippen LogP contribution in [0.15, 0.2) is 65.8 Å². The summed E-state index contributed by atoms with van der Waals surface area (Å²) in [5.74, 6) is 0.927. The number of benzene rings is 1. The minimum absolute atomic E-state index is 0.0391. The van der Waals surface area contributed by atoms with Crippen molar-refractivity contribution in [3.63, 3.8) is 0 Å². The van der Waals surface area contributed by atoms with Gasteiger partial charge in [-0.25, -0.2) is 9.97 Å². The number of nitrogens with one attached hydrogen (secondary N) is 1. The predicted molar refractivity (Wildman–Crippen MR) is 110 cm³/mol. The van der Waals surface area contributed by atoms with Crippen LogP contribution in [0.4, 0.5) is 0 Å². The van der Waals surface area contributed by atoms with Crippen LogP contribution in [0.25, 0.3) is 33.2 Å². The van der Waals surface area contributed by atoms with Crippen molar-refractivity contribution in [2.45, 2.75) is 13.5 Å². The number of hydrogen-bond acceptors (Lipinski definition) is 3. The molecule has 0 spiro atoms. The lowest BCUT2D eigenvalue weighted by atomic mass is 10.1. The first-order valence-electron chi connectivity index (χ1n) is 9.16. The second-order valence-electron chi connectivity index (χ2n) is 7.02. The molecule has 6 nitrogen and oxygen atoms in total. The van der Waals surface area contributed by atoms with Crippen molar-refractivity contribution in [1.82, 2.24) is 24.1 Å². The van der Waals surface area contributed by atoms with Gasteiger partial charge in [0.1, 0.15) is 11.3 Å². The number of aryl methyl sites for hydroxylation is 2. The molecule has 1 aromatic carbocycles. The van der Waals surface area contributed by atoms with E-state index in [4.69, 9.17) is 0 Å². The SMILES string of the molecule is Cc1nc2ncc(-c3cn(C)c(=O)c4[nH]ccc34)cc2n1Cc1ccccc1. The first-order valence-corrected chi connectivity index (χ1v) is 9.16. The number of aromatic amines is 1. The quantitative estimate of drug-likeness (QED) is 0.528. The molecule has 0 amide bonds. The fourth-order valence-corrected chi connectivity index (χ4v) is 3.73. The van der Waals surface area contributed by atoms with E-state index in [9.17, 15) is 4.79 Å². The van der Waals surface area contributed by atoms with Crippen molar-refractivity contribution in [3.8, 4) is 11.1 Å². The minimum Gasteiger partial charge on any atom is -0.357 e.